The molecule has 0 amide bonds. The summed E-state index contributed by atoms with van der Waals surface area (Å²) in [5.74, 6) is 0. The normalized spacial score (nSPS) is 26.6. The highest BCUT2D eigenvalue weighted by Crippen LogP contribution is 2.06. The Morgan fingerprint density at radius 1 is 1.36 bits per heavy atom. The number of aliphatic hydroxyl groups is 1. The van der Waals surface area contributed by atoms with E-state index in [1.165, 1.54) is 0 Å². The van der Waals surface area contributed by atoms with Crippen molar-refractivity contribution in [2.45, 2.75) is 39.8 Å². The van der Waals surface area contributed by atoms with Crippen LogP contribution in [0.5, 0.6) is 0 Å². The molecule has 0 spiro atoms. The number of piperazine rings is 1. The first-order valence-electron chi connectivity index (χ1n) is 5.70. The number of aliphatic hydroxyl groups excluding tert-OH is 1. The zero-order valence-corrected chi connectivity index (χ0v) is 10.3. The van der Waals surface area contributed by atoms with Gasteiger partial charge in [-0.25, -0.2) is 0 Å². The Labute approximate surface area is 88.7 Å². The summed E-state index contributed by atoms with van der Waals surface area (Å²) >= 11 is 0. The maximum Gasteiger partial charge on any atom is 0.0639 e. The molecule has 0 aromatic carbocycles. The average molecular weight is 202 g/mol. The van der Waals surface area contributed by atoms with Crippen LogP contribution in [0.4, 0.5) is 0 Å². The maximum absolute atomic E-state index is 9.20. The smallest absolute Gasteiger partial charge is 0.0639 e. The van der Waals surface area contributed by atoms with E-state index in [1.807, 2.05) is 20.8 Å². The molecule has 0 radical (unpaired) electrons. The van der Waals surface area contributed by atoms with Gasteiger partial charge in [0.05, 0.1) is 6.10 Å². The van der Waals surface area contributed by atoms with E-state index in [0.29, 0.717) is 6.04 Å². The third kappa shape index (κ3) is 4.94. The van der Waals surface area contributed by atoms with Crippen molar-refractivity contribution in [2.24, 2.45) is 0 Å². The zero-order chi connectivity index (χ0) is 11.1. The van der Waals surface area contributed by atoms with Crippen LogP contribution in [-0.4, -0.2) is 60.3 Å². The van der Waals surface area contributed by atoms with Crippen LogP contribution in [-0.2, 0) is 0 Å². The summed E-state index contributed by atoms with van der Waals surface area (Å²) < 4.78 is 0. The van der Waals surface area contributed by atoms with Crippen LogP contribution < -0.4 is 0 Å². The minimum Gasteiger partial charge on any atom is -0.392 e. The van der Waals surface area contributed by atoms with Crippen LogP contribution in [0.1, 0.15) is 27.7 Å². The van der Waals surface area contributed by atoms with E-state index in [1.54, 1.807) is 0 Å². The van der Waals surface area contributed by atoms with Gasteiger partial charge in [0.15, 0.2) is 0 Å². The van der Waals surface area contributed by atoms with Gasteiger partial charge in [-0.2, -0.15) is 0 Å². The molecule has 86 valence electrons. The molecule has 1 fully saturated rings. The largest absolute Gasteiger partial charge is 0.392 e. The molecule has 1 aliphatic rings. The van der Waals surface area contributed by atoms with Crippen LogP contribution >= 0.6 is 0 Å². The molecule has 0 unspecified atom stereocenters. The fourth-order valence-electron chi connectivity index (χ4n) is 1.66. The third-order valence-electron chi connectivity index (χ3n) is 2.57. The molecule has 1 saturated heterocycles. The number of hydrogen-bond donors (Lipinski definition) is 1. The van der Waals surface area contributed by atoms with Crippen molar-refractivity contribution in [1.82, 2.24) is 9.80 Å². The van der Waals surface area contributed by atoms with E-state index in [2.05, 4.69) is 23.8 Å². The van der Waals surface area contributed by atoms with Gasteiger partial charge < -0.3 is 10.0 Å². The van der Waals surface area contributed by atoms with Gasteiger partial charge in [-0.3, -0.25) is 4.90 Å². The van der Waals surface area contributed by atoms with Gasteiger partial charge >= 0.3 is 0 Å². The molecule has 1 N–H and O–H groups in total. The van der Waals surface area contributed by atoms with E-state index in [4.69, 9.17) is 0 Å². The summed E-state index contributed by atoms with van der Waals surface area (Å²) in [4.78, 5) is 4.69. The van der Waals surface area contributed by atoms with Gasteiger partial charge in [-0.1, -0.05) is 13.8 Å². The lowest BCUT2D eigenvalue weighted by Crippen LogP contribution is -2.51. The lowest BCUT2D eigenvalue weighted by molar-refractivity contribution is 0.0638. The SMILES string of the molecule is CC.C[C@H](O)CN1CCN(C)[C@@H](C)C1. The molecule has 3 heteroatoms. The molecule has 1 rings (SSSR count). The van der Waals surface area contributed by atoms with Gasteiger partial charge in [-0.15, -0.1) is 0 Å². The minimum atomic E-state index is -0.194. The van der Waals surface area contributed by atoms with Crippen molar-refractivity contribution in [3.05, 3.63) is 0 Å². The molecule has 2 atom stereocenters. The molecule has 0 aromatic rings. The molecular weight excluding hydrogens is 176 g/mol. The monoisotopic (exact) mass is 202 g/mol. The Kier molecular flexibility index (Phi) is 7.15. The summed E-state index contributed by atoms with van der Waals surface area (Å²) in [5, 5.41) is 9.20. The number of β-amino-alcohol motifs (C(OH)–C–C–N with tert-alkyl or cyclic N) is 1. The van der Waals surface area contributed by atoms with Crippen molar-refractivity contribution in [2.75, 3.05) is 33.2 Å². The second-order valence-corrected chi connectivity index (χ2v) is 3.94. The van der Waals surface area contributed by atoms with Crippen LogP contribution in [0.3, 0.4) is 0 Å². The van der Waals surface area contributed by atoms with Gasteiger partial charge in [0, 0.05) is 32.2 Å². The van der Waals surface area contributed by atoms with E-state index in [-0.39, 0.29) is 6.10 Å². The van der Waals surface area contributed by atoms with Gasteiger partial charge in [-0.05, 0) is 20.9 Å². The highest BCUT2D eigenvalue weighted by Gasteiger charge is 2.20. The molecule has 1 heterocycles. The third-order valence-corrected chi connectivity index (χ3v) is 2.57. The van der Waals surface area contributed by atoms with Crippen molar-refractivity contribution >= 4 is 0 Å². The van der Waals surface area contributed by atoms with Crippen LogP contribution in [0, 0.1) is 0 Å². The van der Waals surface area contributed by atoms with Gasteiger partial charge in [0.2, 0.25) is 0 Å². The molecule has 0 aliphatic carbocycles. The Bertz CT molecular complexity index is 139. The number of hydrogen-bond acceptors (Lipinski definition) is 3. The lowest BCUT2D eigenvalue weighted by Gasteiger charge is -2.38. The fraction of sp³-hybridized carbons (Fsp3) is 1.00. The summed E-state index contributed by atoms with van der Waals surface area (Å²) in [6, 6.07) is 0.623. The van der Waals surface area contributed by atoms with Gasteiger partial charge in [0.1, 0.15) is 0 Å². The average Bonchev–Trinajstić information content (AvgIpc) is 2.14. The molecular formula is C11H26N2O. The summed E-state index contributed by atoms with van der Waals surface area (Å²) in [6.45, 7) is 12.2. The first kappa shape index (κ1) is 13.9. The number of rotatable bonds is 2. The zero-order valence-electron chi connectivity index (χ0n) is 10.3. The molecule has 0 aromatic heterocycles. The highest BCUT2D eigenvalue weighted by molar-refractivity contribution is 4.77. The van der Waals surface area contributed by atoms with Crippen molar-refractivity contribution in [3.8, 4) is 0 Å². The van der Waals surface area contributed by atoms with Crippen LogP contribution in [0.2, 0.25) is 0 Å². The molecule has 1 aliphatic heterocycles. The predicted octanol–water partition coefficient (Wildman–Crippen LogP) is 1.03. The van der Waals surface area contributed by atoms with Crippen molar-refractivity contribution in [1.29, 1.82) is 0 Å². The van der Waals surface area contributed by atoms with Gasteiger partial charge in [0.25, 0.3) is 0 Å². The second kappa shape index (κ2) is 7.21. The topological polar surface area (TPSA) is 26.7 Å². The van der Waals surface area contributed by atoms with E-state index < -0.39 is 0 Å². The van der Waals surface area contributed by atoms with Crippen LogP contribution in [0.15, 0.2) is 0 Å². The van der Waals surface area contributed by atoms with Crippen LogP contribution in [0.25, 0.3) is 0 Å². The Morgan fingerprint density at radius 3 is 2.36 bits per heavy atom. The molecule has 3 nitrogen and oxygen atoms in total. The first-order valence-corrected chi connectivity index (χ1v) is 5.70. The summed E-state index contributed by atoms with van der Waals surface area (Å²) in [5.41, 5.74) is 0. The highest BCUT2D eigenvalue weighted by atomic mass is 16.3. The molecule has 0 bridgehead atoms. The Hall–Kier alpha value is -0.120. The van der Waals surface area contributed by atoms with E-state index >= 15 is 0 Å². The Morgan fingerprint density at radius 2 is 1.93 bits per heavy atom. The Balaban J connectivity index is 0.000000791. The second-order valence-electron chi connectivity index (χ2n) is 3.94. The molecule has 0 saturated carbocycles. The molecule has 14 heavy (non-hydrogen) atoms. The van der Waals surface area contributed by atoms with Crippen molar-refractivity contribution < 1.29 is 5.11 Å². The van der Waals surface area contributed by atoms with E-state index in [9.17, 15) is 5.11 Å². The van der Waals surface area contributed by atoms with Crippen molar-refractivity contribution in [3.63, 3.8) is 0 Å². The first-order chi connectivity index (χ1) is 6.59. The summed E-state index contributed by atoms with van der Waals surface area (Å²) in [6.07, 6.45) is -0.194. The van der Waals surface area contributed by atoms with E-state index in [0.717, 1.165) is 26.2 Å². The fourth-order valence-corrected chi connectivity index (χ4v) is 1.66. The lowest BCUT2D eigenvalue weighted by atomic mass is 10.2. The predicted molar refractivity (Wildman–Crippen MR) is 61.6 cm³/mol. The number of likely N-dealkylation sites (N-methyl/N-ethyl adjacent to an activating group) is 1. The quantitative estimate of drug-likeness (QED) is 0.724. The maximum atomic E-state index is 9.20. The number of nitrogens with zero attached hydrogens (tertiary/aromatic N) is 2. The standard InChI is InChI=1S/C9H20N2O.C2H6/c1-8-6-11(7-9(2)12)5-4-10(8)3;1-2/h8-9,12H,4-7H2,1-3H3;1-2H3/t8-,9-;/m0./s1. The summed E-state index contributed by atoms with van der Waals surface area (Å²) in [7, 11) is 2.16. The minimum absolute atomic E-state index is 0.194.